The van der Waals surface area contributed by atoms with E-state index in [0.29, 0.717) is 21.3 Å². The van der Waals surface area contributed by atoms with Gasteiger partial charge in [0.2, 0.25) is 0 Å². The molecule has 0 saturated carbocycles. The van der Waals surface area contributed by atoms with Crippen LogP contribution in [-0.2, 0) is 17.9 Å². The minimum absolute atomic E-state index is 0.191. The van der Waals surface area contributed by atoms with Gasteiger partial charge in [-0.3, -0.25) is 9.69 Å². The maximum Gasteiger partial charge on any atom is 0.267 e. The van der Waals surface area contributed by atoms with Gasteiger partial charge in [0.25, 0.3) is 5.91 Å². The first-order valence-corrected chi connectivity index (χ1v) is 10.9. The number of carbonyl (C=O) groups excluding carboxylic acids is 1. The van der Waals surface area contributed by atoms with Crippen molar-refractivity contribution in [3.05, 3.63) is 75.5 Å². The summed E-state index contributed by atoms with van der Waals surface area (Å²) in [6.07, 6.45) is 0. The molecule has 31 heavy (non-hydrogen) atoms. The van der Waals surface area contributed by atoms with Gasteiger partial charge in [-0.25, -0.2) is 9.37 Å². The third-order valence-electron chi connectivity index (χ3n) is 4.94. The van der Waals surface area contributed by atoms with Gasteiger partial charge in [-0.2, -0.15) is 0 Å². The van der Waals surface area contributed by atoms with E-state index in [4.69, 9.17) is 9.47 Å². The lowest BCUT2D eigenvalue weighted by atomic mass is 10.2. The third kappa shape index (κ3) is 5.88. The minimum Gasteiger partial charge on any atom is -0.486 e. The predicted octanol–water partition coefficient (Wildman–Crippen LogP) is 4.25. The van der Waals surface area contributed by atoms with Crippen LogP contribution in [0.3, 0.4) is 0 Å². The van der Waals surface area contributed by atoms with Gasteiger partial charge in [0.05, 0.1) is 18.9 Å². The summed E-state index contributed by atoms with van der Waals surface area (Å²) in [6, 6.07) is 13.7. The van der Waals surface area contributed by atoms with Crippen molar-refractivity contribution >= 4 is 22.9 Å². The Bertz CT molecular complexity index is 1020. The number of halogens is 1. The summed E-state index contributed by atoms with van der Waals surface area (Å²) in [7, 11) is 0. The van der Waals surface area contributed by atoms with Gasteiger partial charge in [0.15, 0.2) is 0 Å². The summed E-state index contributed by atoms with van der Waals surface area (Å²) in [4.78, 5) is 20.0. The number of carbonyl (C=O) groups is 1. The Kier molecular flexibility index (Phi) is 6.91. The minimum atomic E-state index is -0.314. The van der Waals surface area contributed by atoms with Crippen molar-refractivity contribution in [1.29, 1.82) is 0 Å². The molecule has 4 rings (SSSR count). The fourth-order valence-corrected chi connectivity index (χ4v) is 4.17. The lowest BCUT2D eigenvalue weighted by Crippen LogP contribution is -2.35. The number of aromatic nitrogens is 1. The zero-order chi connectivity index (χ0) is 21.6. The number of nitrogens with zero attached hydrogens (tertiary/aromatic N) is 2. The smallest absolute Gasteiger partial charge is 0.267 e. The second kappa shape index (κ2) is 10.00. The Hall–Kier alpha value is -2.81. The van der Waals surface area contributed by atoms with Crippen LogP contribution < -0.4 is 10.1 Å². The fraction of sp³-hybridized carbons (Fsp3) is 0.304. The summed E-state index contributed by atoms with van der Waals surface area (Å²) < 4.78 is 24.0. The average Bonchev–Trinajstić information content (AvgIpc) is 3.16. The van der Waals surface area contributed by atoms with Crippen LogP contribution in [0.2, 0.25) is 0 Å². The van der Waals surface area contributed by atoms with Crippen molar-refractivity contribution in [2.75, 3.05) is 31.6 Å². The molecule has 1 aromatic heterocycles. The molecule has 0 radical (unpaired) electrons. The number of hydrogen-bond acceptors (Lipinski definition) is 6. The number of nitrogens with one attached hydrogen (secondary N) is 1. The molecule has 1 aliphatic rings. The molecule has 0 aliphatic carbocycles. The third-order valence-corrected chi connectivity index (χ3v) is 6.07. The summed E-state index contributed by atoms with van der Waals surface area (Å²) in [5.74, 6) is 0.0481. The van der Waals surface area contributed by atoms with Gasteiger partial charge >= 0.3 is 0 Å². The average molecular weight is 442 g/mol. The van der Waals surface area contributed by atoms with Crippen molar-refractivity contribution in [1.82, 2.24) is 9.88 Å². The lowest BCUT2D eigenvalue weighted by Gasteiger charge is -2.26. The van der Waals surface area contributed by atoms with Gasteiger partial charge in [0.1, 0.15) is 28.1 Å². The summed E-state index contributed by atoms with van der Waals surface area (Å²) in [5, 5.41) is 3.63. The number of morpholine rings is 1. The second-order valence-corrected chi connectivity index (χ2v) is 8.39. The quantitative estimate of drug-likeness (QED) is 0.594. The highest BCUT2D eigenvalue weighted by molar-refractivity contribution is 7.13. The van der Waals surface area contributed by atoms with E-state index >= 15 is 0 Å². The number of hydrogen-bond donors (Lipinski definition) is 1. The molecule has 1 saturated heterocycles. The largest absolute Gasteiger partial charge is 0.486 e. The highest BCUT2D eigenvalue weighted by Crippen LogP contribution is 2.22. The maximum atomic E-state index is 13.0. The summed E-state index contributed by atoms with van der Waals surface area (Å²) in [5.41, 5.74) is 2.60. The van der Waals surface area contributed by atoms with E-state index in [2.05, 4.69) is 15.2 Å². The Morgan fingerprint density at radius 1 is 1.16 bits per heavy atom. The molecular weight excluding hydrogens is 417 g/mol. The van der Waals surface area contributed by atoms with E-state index in [1.807, 2.05) is 24.3 Å². The molecule has 2 heterocycles. The zero-order valence-electron chi connectivity index (χ0n) is 17.3. The Morgan fingerprint density at radius 2 is 1.87 bits per heavy atom. The number of rotatable bonds is 7. The zero-order valence-corrected chi connectivity index (χ0v) is 18.1. The van der Waals surface area contributed by atoms with Gasteiger partial charge in [-0.15, -0.1) is 11.3 Å². The molecule has 1 fully saturated rings. The molecule has 8 heteroatoms. The lowest BCUT2D eigenvalue weighted by molar-refractivity contribution is 0.0342. The fourth-order valence-electron chi connectivity index (χ4n) is 3.30. The molecule has 1 aliphatic heterocycles. The molecule has 3 aromatic rings. The first-order valence-electron chi connectivity index (χ1n) is 10.1. The van der Waals surface area contributed by atoms with E-state index in [9.17, 15) is 9.18 Å². The van der Waals surface area contributed by atoms with Crippen molar-refractivity contribution in [2.24, 2.45) is 0 Å². The second-order valence-electron chi connectivity index (χ2n) is 7.30. The van der Waals surface area contributed by atoms with E-state index in [1.165, 1.54) is 29.0 Å². The summed E-state index contributed by atoms with van der Waals surface area (Å²) >= 11 is 1.29. The normalized spacial score (nSPS) is 14.4. The van der Waals surface area contributed by atoms with Crippen LogP contribution in [0, 0.1) is 12.7 Å². The van der Waals surface area contributed by atoms with E-state index in [-0.39, 0.29) is 18.3 Å². The Balaban J connectivity index is 1.33. The van der Waals surface area contributed by atoms with Crippen molar-refractivity contribution in [3.63, 3.8) is 0 Å². The van der Waals surface area contributed by atoms with E-state index < -0.39 is 0 Å². The van der Waals surface area contributed by atoms with Crippen molar-refractivity contribution in [2.45, 2.75) is 20.1 Å². The molecular formula is C23H24FN3O3S. The Morgan fingerprint density at radius 3 is 2.58 bits per heavy atom. The Labute approximate surface area is 184 Å². The number of aryl methyl sites for hydroxylation is 1. The molecule has 0 bridgehead atoms. The number of anilines is 1. The molecule has 0 unspecified atom stereocenters. The van der Waals surface area contributed by atoms with Crippen LogP contribution in [-0.4, -0.2) is 42.1 Å². The van der Waals surface area contributed by atoms with E-state index in [1.54, 1.807) is 19.1 Å². The number of thiazole rings is 1. The van der Waals surface area contributed by atoms with Gasteiger partial charge < -0.3 is 14.8 Å². The van der Waals surface area contributed by atoms with Crippen LogP contribution in [0.1, 0.15) is 25.9 Å². The topological polar surface area (TPSA) is 63.7 Å². The first-order chi connectivity index (χ1) is 15.1. The molecule has 6 nitrogen and oxygen atoms in total. The monoisotopic (exact) mass is 441 g/mol. The van der Waals surface area contributed by atoms with Crippen LogP contribution in [0.5, 0.6) is 5.75 Å². The van der Waals surface area contributed by atoms with Crippen LogP contribution in [0.15, 0.2) is 48.5 Å². The van der Waals surface area contributed by atoms with Gasteiger partial charge in [0, 0.05) is 25.3 Å². The number of ether oxygens (including phenoxy) is 2. The maximum absolute atomic E-state index is 13.0. The summed E-state index contributed by atoms with van der Waals surface area (Å²) in [6.45, 7) is 6.34. The van der Waals surface area contributed by atoms with Crippen molar-refractivity contribution in [3.8, 4) is 5.75 Å². The van der Waals surface area contributed by atoms with Crippen molar-refractivity contribution < 1.29 is 18.7 Å². The van der Waals surface area contributed by atoms with Crippen LogP contribution in [0.25, 0.3) is 0 Å². The number of amides is 1. The first kappa shape index (κ1) is 21.4. The molecule has 1 N–H and O–H groups in total. The standard InChI is InChI=1S/C23H24FN3O3S/c1-16-22(31-21(25-16)15-30-20-8-4-18(24)5-9-20)23(28)26-19-6-2-17(3-7-19)14-27-10-12-29-13-11-27/h2-9H,10-15H2,1H3,(H,26,28). The van der Waals surface area contributed by atoms with E-state index in [0.717, 1.165) is 38.5 Å². The molecule has 1 amide bonds. The number of benzene rings is 2. The molecule has 0 spiro atoms. The highest BCUT2D eigenvalue weighted by Gasteiger charge is 2.16. The van der Waals surface area contributed by atoms with Gasteiger partial charge in [-0.05, 0) is 48.9 Å². The molecule has 0 atom stereocenters. The van der Waals surface area contributed by atoms with Gasteiger partial charge in [-0.1, -0.05) is 12.1 Å². The van der Waals surface area contributed by atoms with Crippen LogP contribution >= 0.6 is 11.3 Å². The van der Waals surface area contributed by atoms with Crippen LogP contribution in [0.4, 0.5) is 10.1 Å². The highest BCUT2D eigenvalue weighted by atomic mass is 32.1. The molecule has 162 valence electrons. The SMILES string of the molecule is Cc1nc(COc2ccc(F)cc2)sc1C(=O)Nc1ccc(CN2CCOCC2)cc1. The predicted molar refractivity (Wildman–Crippen MR) is 118 cm³/mol. The molecule has 2 aromatic carbocycles.